The van der Waals surface area contributed by atoms with Gasteiger partial charge >= 0.3 is 0 Å². The number of aromatic nitrogens is 2. The van der Waals surface area contributed by atoms with E-state index in [1.807, 2.05) is 6.07 Å². The number of anilines is 1. The average molecular weight is 188 g/mol. The molecule has 4 nitrogen and oxygen atoms in total. The molecule has 1 aliphatic carbocycles. The summed E-state index contributed by atoms with van der Waals surface area (Å²) in [6.07, 6.45) is 8.01. The molecule has 1 aliphatic rings. The highest BCUT2D eigenvalue weighted by atomic mass is 15.0. The summed E-state index contributed by atoms with van der Waals surface area (Å²) in [7, 11) is 0. The third-order valence-corrected chi connectivity index (χ3v) is 2.50. The minimum Gasteiger partial charge on any atom is -0.365 e. The van der Waals surface area contributed by atoms with Gasteiger partial charge in [0.15, 0.2) is 11.5 Å². The first-order valence-corrected chi connectivity index (χ1v) is 4.88. The molecule has 0 aliphatic heterocycles. The van der Waals surface area contributed by atoms with Gasteiger partial charge in [0.05, 0.1) is 0 Å². The normalized spacial score (nSPS) is 16.5. The van der Waals surface area contributed by atoms with Crippen LogP contribution >= 0.6 is 0 Å². The minimum atomic E-state index is 0.388. The fraction of sp³-hybridized carbons (Fsp3) is 0.500. The van der Waals surface area contributed by atoms with E-state index in [1.54, 1.807) is 12.4 Å². The molecule has 0 amide bonds. The number of nitriles is 1. The summed E-state index contributed by atoms with van der Waals surface area (Å²) in [6, 6.07) is 2.50. The first kappa shape index (κ1) is 8.95. The van der Waals surface area contributed by atoms with Crippen LogP contribution in [-0.4, -0.2) is 16.0 Å². The zero-order valence-corrected chi connectivity index (χ0v) is 7.90. The van der Waals surface area contributed by atoms with Gasteiger partial charge < -0.3 is 5.32 Å². The molecule has 1 fully saturated rings. The number of rotatable bonds is 2. The molecule has 1 saturated carbocycles. The Balaban J connectivity index is 2.11. The lowest BCUT2D eigenvalue weighted by Gasteiger charge is -2.12. The average Bonchev–Trinajstić information content (AvgIpc) is 2.71. The molecule has 1 aromatic rings. The van der Waals surface area contributed by atoms with E-state index in [-0.39, 0.29) is 0 Å². The highest BCUT2D eigenvalue weighted by Gasteiger charge is 2.16. The van der Waals surface area contributed by atoms with E-state index in [0.29, 0.717) is 17.6 Å². The summed E-state index contributed by atoms with van der Waals surface area (Å²) in [5, 5.41) is 12.1. The minimum absolute atomic E-state index is 0.388. The first-order valence-electron chi connectivity index (χ1n) is 4.88. The monoisotopic (exact) mass is 188 g/mol. The van der Waals surface area contributed by atoms with Gasteiger partial charge in [-0.15, -0.1) is 0 Å². The molecule has 0 unspecified atom stereocenters. The Morgan fingerprint density at radius 1 is 1.29 bits per heavy atom. The van der Waals surface area contributed by atoms with Crippen LogP contribution in [0.2, 0.25) is 0 Å². The fourth-order valence-corrected chi connectivity index (χ4v) is 1.79. The van der Waals surface area contributed by atoms with E-state index in [4.69, 9.17) is 5.26 Å². The molecule has 0 saturated heterocycles. The van der Waals surface area contributed by atoms with Crippen molar-refractivity contribution >= 4 is 5.82 Å². The molecular weight excluding hydrogens is 176 g/mol. The molecule has 0 bridgehead atoms. The Hall–Kier alpha value is -1.63. The smallest absolute Gasteiger partial charge is 0.182 e. The first-order chi connectivity index (χ1) is 6.90. The molecule has 0 aromatic carbocycles. The summed E-state index contributed by atoms with van der Waals surface area (Å²) in [6.45, 7) is 0. The zero-order valence-electron chi connectivity index (χ0n) is 7.90. The van der Waals surface area contributed by atoms with E-state index in [2.05, 4.69) is 15.3 Å². The van der Waals surface area contributed by atoms with Crippen molar-refractivity contribution in [2.24, 2.45) is 0 Å². The second-order valence-corrected chi connectivity index (χ2v) is 3.49. The molecule has 0 spiro atoms. The van der Waals surface area contributed by atoms with Crippen molar-refractivity contribution in [1.29, 1.82) is 5.26 Å². The maximum atomic E-state index is 8.80. The molecule has 0 radical (unpaired) electrons. The van der Waals surface area contributed by atoms with Crippen molar-refractivity contribution in [2.45, 2.75) is 31.7 Å². The molecule has 14 heavy (non-hydrogen) atoms. The largest absolute Gasteiger partial charge is 0.365 e. The molecule has 4 heteroatoms. The van der Waals surface area contributed by atoms with Gasteiger partial charge in [-0.05, 0) is 12.8 Å². The predicted molar refractivity (Wildman–Crippen MR) is 52.6 cm³/mol. The summed E-state index contributed by atoms with van der Waals surface area (Å²) < 4.78 is 0. The molecular formula is C10H12N4. The van der Waals surface area contributed by atoms with Crippen LogP contribution < -0.4 is 5.32 Å². The van der Waals surface area contributed by atoms with E-state index < -0.39 is 0 Å². The standard InChI is InChI=1S/C10H12N4/c11-7-9-10(13-6-5-12-9)14-8-3-1-2-4-8/h5-6,8H,1-4H2,(H,13,14). The molecule has 72 valence electrons. The van der Waals surface area contributed by atoms with Gasteiger partial charge in [-0.2, -0.15) is 5.26 Å². The highest BCUT2D eigenvalue weighted by Crippen LogP contribution is 2.21. The lowest BCUT2D eigenvalue weighted by atomic mass is 10.2. The summed E-state index contributed by atoms with van der Waals surface area (Å²) in [5.41, 5.74) is 0.388. The van der Waals surface area contributed by atoms with E-state index >= 15 is 0 Å². The number of nitrogens with one attached hydrogen (secondary N) is 1. The Kier molecular flexibility index (Phi) is 2.59. The lowest BCUT2D eigenvalue weighted by Crippen LogP contribution is -2.16. The lowest BCUT2D eigenvalue weighted by molar-refractivity contribution is 0.748. The Labute approximate surface area is 83.0 Å². The third-order valence-electron chi connectivity index (χ3n) is 2.50. The number of hydrogen-bond donors (Lipinski definition) is 1. The second-order valence-electron chi connectivity index (χ2n) is 3.49. The predicted octanol–water partition coefficient (Wildman–Crippen LogP) is 1.70. The van der Waals surface area contributed by atoms with Crippen LogP contribution in [0.4, 0.5) is 5.82 Å². The molecule has 1 N–H and O–H groups in total. The van der Waals surface area contributed by atoms with Crippen LogP contribution in [0.1, 0.15) is 31.4 Å². The van der Waals surface area contributed by atoms with Gasteiger partial charge in [0, 0.05) is 18.4 Å². The van der Waals surface area contributed by atoms with Crippen LogP contribution in [0, 0.1) is 11.3 Å². The maximum Gasteiger partial charge on any atom is 0.182 e. The Morgan fingerprint density at radius 3 is 2.71 bits per heavy atom. The zero-order chi connectivity index (χ0) is 9.80. The molecule has 2 rings (SSSR count). The van der Waals surface area contributed by atoms with Crippen LogP contribution in [0.15, 0.2) is 12.4 Å². The molecule has 1 aromatic heterocycles. The molecule has 0 atom stereocenters. The van der Waals surface area contributed by atoms with Gasteiger partial charge in [0.2, 0.25) is 0 Å². The number of nitrogens with zero attached hydrogens (tertiary/aromatic N) is 3. The van der Waals surface area contributed by atoms with E-state index in [1.165, 1.54) is 25.7 Å². The Morgan fingerprint density at radius 2 is 2.00 bits per heavy atom. The van der Waals surface area contributed by atoms with Crippen LogP contribution in [-0.2, 0) is 0 Å². The van der Waals surface area contributed by atoms with Crippen LogP contribution in [0.25, 0.3) is 0 Å². The van der Waals surface area contributed by atoms with Crippen molar-refractivity contribution in [3.63, 3.8) is 0 Å². The summed E-state index contributed by atoms with van der Waals surface area (Å²) in [5.74, 6) is 0.627. The maximum absolute atomic E-state index is 8.80. The van der Waals surface area contributed by atoms with Crippen molar-refractivity contribution < 1.29 is 0 Å². The summed E-state index contributed by atoms with van der Waals surface area (Å²) in [4.78, 5) is 8.07. The van der Waals surface area contributed by atoms with Gasteiger partial charge in [0.25, 0.3) is 0 Å². The van der Waals surface area contributed by atoms with Crippen molar-refractivity contribution in [2.75, 3.05) is 5.32 Å². The van der Waals surface area contributed by atoms with Crippen molar-refractivity contribution in [3.8, 4) is 6.07 Å². The van der Waals surface area contributed by atoms with Crippen LogP contribution in [0.3, 0.4) is 0 Å². The SMILES string of the molecule is N#Cc1nccnc1NC1CCCC1. The molecule has 1 heterocycles. The van der Waals surface area contributed by atoms with Gasteiger partial charge in [-0.25, -0.2) is 9.97 Å². The van der Waals surface area contributed by atoms with Crippen molar-refractivity contribution in [3.05, 3.63) is 18.1 Å². The van der Waals surface area contributed by atoms with Gasteiger partial charge in [0.1, 0.15) is 6.07 Å². The highest BCUT2D eigenvalue weighted by molar-refractivity contribution is 5.47. The van der Waals surface area contributed by atoms with Gasteiger partial charge in [-0.3, -0.25) is 0 Å². The third kappa shape index (κ3) is 1.82. The fourth-order valence-electron chi connectivity index (χ4n) is 1.79. The van der Waals surface area contributed by atoms with Gasteiger partial charge in [-0.1, -0.05) is 12.8 Å². The quantitative estimate of drug-likeness (QED) is 0.767. The second kappa shape index (κ2) is 4.05. The summed E-state index contributed by atoms with van der Waals surface area (Å²) >= 11 is 0. The van der Waals surface area contributed by atoms with E-state index in [0.717, 1.165) is 0 Å². The van der Waals surface area contributed by atoms with Crippen LogP contribution in [0.5, 0.6) is 0 Å². The van der Waals surface area contributed by atoms with E-state index in [9.17, 15) is 0 Å². The number of hydrogen-bond acceptors (Lipinski definition) is 4. The Bertz CT molecular complexity index is 349. The van der Waals surface area contributed by atoms with Crippen molar-refractivity contribution in [1.82, 2.24) is 9.97 Å². The topological polar surface area (TPSA) is 61.6 Å².